The van der Waals surface area contributed by atoms with Gasteiger partial charge in [0.25, 0.3) is 15.9 Å². The van der Waals surface area contributed by atoms with E-state index in [1.165, 1.54) is 50.4 Å². The summed E-state index contributed by atoms with van der Waals surface area (Å²) in [7, 11) is -2.39. The Hall–Kier alpha value is -2.67. The van der Waals surface area contributed by atoms with Gasteiger partial charge in [0, 0.05) is 12.6 Å². The highest BCUT2D eigenvalue weighted by molar-refractivity contribution is 7.92. The second-order valence-electron chi connectivity index (χ2n) is 4.81. The van der Waals surface area contributed by atoms with Gasteiger partial charge in [-0.25, -0.2) is 8.42 Å². The number of sulfonamides is 1. The van der Waals surface area contributed by atoms with Crippen molar-refractivity contribution in [1.29, 1.82) is 0 Å². The third-order valence-electron chi connectivity index (χ3n) is 3.21. The number of Topliss-reactive ketones (excluding diaryl/α,β-unsaturated/α-hetero) is 1. The average molecular weight is 332 g/mol. The Bertz CT molecular complexity index is 843. The number of hydrogen-bond donors (Lipinski definition) is 2. The molecule has 0 saturated heterocycles. The fourth-order valence-corrected chi connectivity index (χ4v) is 3.06. The molecule has 7 heteroatoms. The van der Waals surface area contributed by atoms with Gasteiger partial charge in [0.2, 0.25) is 0 Å². The molecule has 2 aromatic rings. The molecule has 2 rings (SSSR count). The highest BCUT2D eigenvalue weighted by Gasteiger charge is 2.18. The molecular formula is C16H16N2O4S. The molecule has 0 atom stereocenters. The first-order valence-corrected chi connectivity index (χ1v) is 8.28. The third-order valence-corrected chi connectivity index (χ3v) is 4.60. The zero-order chi connectivity index (χ0) is 17.0. The van der Waals surface area contributed by atoms with Crippen LogP contribution in [0.25, 0.3) is 0 Å². The second kappa shape index (κ2) is 6.62. The second-order valence-corrected chi connectivity index (χ2v) is 6.49. The van der Waals surface area contributed by atoms with E-state index < -0.39 is 15.9 Å². The van der Waals surface area contributed by atoms with Crippen molar-refractivity contribution in [2.24, 2.45) is 0 Å². The predicted molar refractivity (Wildman–Crippen MR) is 87.1 cm³/mol. The fraction of sp³-hybridized carbons (Fsp3) is 0.125. The molecule has 0 aliphatic rings. The molecule has 0 bridgehead atoms. The Morgan fingerprint density at radius 2 is 1.57 bits per heavy atom. The van der Waals surface area contributed by atoms with Crippen LogP contribution in [0.15, 0.2) is 53.4 Å². The van der Waals surface area contributed by atoms with E-state index in [0.29, 0.717) is 5.56 Å². The Balaban J connectivity index is 2.35. The minimum Gasteiger partial charge on any atom is -0.355 e. The van der Waals surface area contributed by atoms with Crippen LogP contribution in [-0.4, -0.2) is 27.2 Å². The predicted octanol–water partition coefficient (Wildman–Crippen LogP) is 2.05. The average Bonchev–Trinajstić information content (AvgIpc) is 2.54. The fourth-order valence-electron chi connectivity index (χ4n) is 1.98. The third kappa shape index (κ3) is 3.75. The maximum absolute atomic E-state index is 12.4. The molecule has 0 aliphatic carbocycles. The van der Waals surface area contributed by atoms with E-state index in [9.17, 15) is 18.0 Å². The zero-order valence-corrected chi connectivity index (χ0v) is 13.5. The number of ketones is 1. The number of hydrogen-bond acceptors (Lipinski definition) is 4. The van der Waals surface area contributed by atoms with Crippen LogP contribution in [0.2, 0.25) is 0 Å². The van der Waals surface area contributed by atoms with Crippen molar-refractivity contribution in [1.82, 2.24) is 5.32 Å². The van der Waals surface area contributed by atoms with Crippen LogP contribution < -0.4 is 10.0 Å². The standard InChI is InChI=1S/C16H16N2O4S/c1-11(19)12-7-9-13(10-8-12)23(21,22)18-15-6-4-3-5-14(15)16(20)17-2/h3-10,18H,1-2H3,(H,17,20). The molecule has 0 aromatic heterocycles. The van der Waals surface area contributed by atoms with E-state index >= 15 is 0 Å². The highest BCUT2D eigenvalue weighted by atomic mass is 32.2. The number of carbonyl (C=O) groups excluding carboxylic acids is 2. The van der Waals surface area contributed by atoms with Crippen molar-refractivity contribution in [2.45, 2.75) is 11.8 Å². The van der Waals surface area contributed by atoms with Crippen LogP contribution in [0.1, 0.15) is 27.6 Å². The molecule has 6 nitrogen and oxygen atoms in total. The first-order valence-electron chi connectivity index (χ1n) is 6.80. The number of para-hydroxylation sites is 1. The van der Waals surface area contributed by atoms with E-state index in [2.05, 4.69) is 10.0 Å². The summed E-state index contributed by atoms with van der Waals surface area (Å²) in [6.45, 7) is 1.40. The summed E-state index contributed by atoms with van der Waals surface area (Å²) in [5.74, 6) is -0.540. The number of anilines is 1. The van der Waals surface area contributed by atoms with Crippen LogP contribution in [0.5, 0.6) is 0 Å². The Kier molecular flexibility index (Phi) is 4.80. The van der Waals surface area contributed by atoms with Crippen LogP contribution in [0, 0.1) is 0 Å². The van der Waals surface area contributed by atoms with Crippen molar-refractivity contribution < 1.29 is 18.0 Å². The lowest BCUT2D eigenvalue weighted by Gasteiger charge is -2.12. The SMILES string of the molecule is CNC(=O)c1ccccc1NS(=O)(=O)c1ccc(C(C)=O)cc1. The van der Waals surface area contributed by atoms with Crippen molar-refractivity contribution in [3.05, 3.63) is 59.7 Å². The van der Waals surface area contributed by atoms with Gasteiger partial charge in [-0.3, -0.25) is 14.3 Å². The zero-order valence-electron chi connectivity index (χ0n) is 12.7. The van der Waals surface area contributed by atoms with Gasteiger partial charge in [-0.2, -0.15) is 0 Å². The van der Waals surface area contributed by atoms with Gasteiger partial charge in [0.05, 0.1) is 16.1 Å². The summed E-state index contributed by atoms with van der Waals surface area (Å²) in [5.41, 5.74) is 0.830. The quantitative estimate of drug-likeness (QED) is 0.820. The number of nitrogens with one attached hydrogen (secondary N) is 2. The van der Waals surface area contributed by atoms with Crippen molar-refractivity contribution in [3.63, 3.8) is 0 Å². The van der Waals surface area contributed by atoms with Crippen molar-refractivity contribution in [2.75, 3.05) is 11.8 Å². The molecule has 23 heavy (non-hydrogen) atoms. The maximum Gasteiger partial charge on any atom is 0.261 e. The van der Waals surface area contributed by atoms with Gasteiger partial charge in [-0.15, -0.1) is 0 Å². The first kappa shape index (κ1) is 16.7. The number of benzene rings is 2. The molecule has 2 N–H and O–H groups in total. The Morgan fingerprint density at radius 3 is 2.13 bits per heavy atom. The molecule has 0 radical (unpaired) electrons. The molecule has 2 aromatic carbocycles. The first-order chi connectivity index (χ1) is 10.8. The molecule has 0 fully saturated rings. The summed E-state index contributed by atoms with van der Waals surface area (Å²) in [5, 5.41) is 2.46. The summed E-state index contributed by atoms with van der Waals surface area (Å²) in [6.07, 6.45) is 0. The van der Waals surface area contributed by atoms with E-state index in [0.717, 1.165) is 0 Å². The van der Waals surface area contributed by atoms with Crippen molar-refractivity contribution >= 4 is 27.4 Å². The topological polar surface area (TPSA) is 92.3 Å². The van der Waals surface area contributed by atoms with E-state index in [-0.39, 0.29) is 21.9 Å². The summed E-state index contributed by atoms with van der Waals surface area (Å²) in [6, 6.07) is 11.9. The van der Waals surface area contributed by atoms with E-state index in [4.69, 9.17) is 0 Å². The minimum atomic E-state index is -3.86. The lowest BCUT2D eigenvalue weighted by Crippen LogP contribution is -2.21. The smallest absolute Gasteiger partial charge is 0.261 e. The molecule has 0 unspecified atom stereocenters. The molecule has 0 aliphatic heterocycles. The molecule has 0 saturated carbocycles. The normalized spacial score (nSPS) is 10.9. The van der Waals surface area contributed by atoms with Crippen LogP contribution in [0.3, 0.4) is 0 Å². The van der Waals surface area contributed by atoms with Crippen LogP contribution in [-0.2, 0) is 10.0 Å². The summed E-state index contributed by atoms with van der Waals surface area (Å²) < 4.78 is 27.2. The highest BCUT2D eigenvalue weighted by Crippen LogP contribution is 2.20. The van der Waals surface area contributed by atoms with Gasteiger partial charge in [-0.05, 0) is 31.2 Å². The largest absolute Gasteiger partial charge is 0.355 e. The number of rotatable bonds is 5. The van der Waals surface area contributed by atoms with Gasteiger partial charge in [0.1, 0.15) is 0 Å². The van der Waals surface area contributed by atoms with E-state index in [1.807, 2.05) is 0 Å². The number of amides is 1. The lowest BCUT2D eigenvalue weighted by molar-refractivity contribution is 0.0962. The molecule has 0 heterocycles. The van der Waals surface area contributed by atoms with Crippen molar-refractivity contribution in [3.8, 4) is 0 Å². The van der Waals surface area contributed by atoms with Gasteiger partial charge in [-0.1, -0.05) is 24.3 Å². The molecule has 120 valence electrons. The molecular weight excluding hydrogens is 316 g/mol. The van der Waals surface area contributed by atoms with Gasteiger partial charge in [0.15, 0.2) is 5.78 Å². The number of carbonyl (C=O) groups is 2. The summed E-state index contributed by atoms with van der Waals surface area (Å²) >= 11 is 0. The lowest BCUT2D eigenvalue weighted by atomic mass is 10.2. The Labute approximate surface area is 134 Å². The maximum atomic E-state index is 12.4. The molecule has 0 spiro atoms. The van der Waals surface area contributed by atoms with E-state index in [1.54, 1.807) is 12.1 Å². The van der Waals surface area contributed by atoms with Gasteiger partial charge < -0.3 is 5.32 Å². The monoisotopic (exact) mass is 332 g/mol. The Morgan fingerprint density at radius 1 is 0.957 bits per heavy atom. The van der Waals surface area contributed by atoms with Crippen LogP contribution >= 0.6 is 0 Å². The van der Waals surface area contributed by atoms with Crippen LogP contribution in [0.4, 0.5) is 5.69 Å². The molecule has 1 amide bonds. The summed E-state index contributed by atoms with van der Waals surface area (Å²) in [4.78, 5) is 23.0. The minimum absolute atomic E-state index is 0.00853. The van der Waals surface area contributed by atoms with Gasteiger partial charge >= 0.3 is 0 Å².